The summed E-state index contributed by atoms with van der Waals surface area (Å²) in [7, 11) is -1.53. The van der Waals surface area contributed by atoms with Crippen molar-refractivity contribution in [3.8, 4) is 11.3 Å². The summed E-state index contributed by atoms with van der Waals surface area (Å²) in [6, 6.07) is 21.8. The third-order valence-corrected chi connectivity index (χ3v) is 14.4. The van der Waals surface area contributed by atoms with Crippen LogP contribution in [0.4, 0.5) is 0 Å². The van der Waals surface area contributed by atoms with E-state index in [-0.39, 0.29) is 63.4 Å². The van der Waals surface area contributed by atoms with Gasteiger partial charge in [-0.05, 0) is 25.7 Å². The van der Waals surface area contributed by atoms with Crippen molar-refractivity contribution in [3.63, 3.8) is 0 Å². The summed E-state index contributed by atoms with van der Waals surface area (Å²) in [5.41, 5.74) is 5.55. The van der Waals surface area contributed by atoms with Gasteiger partial charge in [-0.25, -0.2) is 0 Å². The van der Waals surface area contributed by atoms with Crippen LogP contribution in [0.3, 0.4) is 0 Å². The number of aliphatic hydroxyl groups is 1. The number of ketones is 1. The molecule has 6 heteroatoms. The van der Waals surface area contributed by atoms with Crippen LogP contribution < -0.4 is 5.19 Å². The number of benzene rings is 3. The van der Waals surface area contributed by atoms with Crippen LogP contribution in [-0.2, 0) is 31.3 Å². The maximum absolute atomic E-state index is 11.7. The van der Waals surface area contributed by atoms with Crippen molar-refractivity contribution >= 4 is 63.6 Å². The number of allylic oxidation sites excluding steroid dienone is 2. The van der Waals surface area contributed by atoms with Crippen molar-refractivity contribution in [1.29, 1.82) is 0 Å². The molecule has 49 heavy (non-hydrogen) atoms. The van der Waals surface area contributed by atoms with Crippen LogP contribution >= 0.6 is 0 Å². The van der Waals surface area contributed by atoms with Gasteiger partial charge in [-0.1, -0.05) is 27.7 Å². The van der Waals surface area contributed by atoms with E-state index in [1.807, 2.05) is 33.9 Å². The van der Waals surface area contributed by atoms with Crippen molar-refractivity contribution in [3.05, 3.63) is 83.8 Å². The molecule has 0 unspecified atom stereocenters. The predicted octanol–water partition coefficient (Wildman–Crippen LogP) is 11.4. The van der Waals surface area contributed by atoms with Gasteiger partial charge in [0, 0.05) is 38.0 Å². The number of fused-ring (bicyclic) bond motifs is 4. The van der Waals surface area contributed by atoms with Gasteiger partial charge < -0.3 is 5.11 Å². The Labute approximate surface area is 316 Å². The summed E-state index contributed by atoms with van der Waals surface area (Å²) >= 11 is 0.255. The number of pyridine rings is 1. The number of hydrogen-bond donors (Lipinski definition) is 1. The Balaban J connectivity index is 0.000000347. The quantitative estimate of drug-likeness (QED) is 0.0657. The molecule has 0 saturated heterocycles. The average Bonchev–Trinajstić information content (AvgIpc) is 3.42. The number of aryl methyl sites for hydroxylation is 1. The number of aromatic nitrogens is 1. The van der Waals surface area contributed by atoms with Crippen LogP contribution in [-0.4, -0.2) is 38.5 Å². The first-order valence-electron chi connectivity index (χ1n) is 17.8. The Hall–Kier alpha value is -2.33. The van der Waals surface area contributed by atoms with E-state index in [1.165, 1.54) is 48.2 Å². The second kappa shape index (κ2) is 17.3. The van der Waals surface area contributed by atoms with Gasteiger partial charge in [0.15, 0.2) is 5.78 Å². The SMILES string of the molecule is CCC(CC)C(=O)/C=C(\O)C(CC)CC.Cc1c(CC(C)(C)C)ccc2c1[se]c1c(-c3[c-]c4ccccc4c([Si](C)(C)C)c3)nccc12.[Ir]. The molecule has 3 nitrogen and oxygen atoms in total. The maximum Gasteiger partial charge on any atom is 0 e. The van der Waals surface area contributed by atoms with Gasteiger partial charge in [0.05, 0.1) is 5.76 Å². The summed E-state index contributed by atoms with van der Waals surface area (Å²) in [6.07, 6.45) is 8.01. The minimum absolute atomic E-state index is 0. The van der Waals surface area contributed by atoms with Crippen molar-refractivity contribution in [2.75, 3.05) is 0 Å². The van der Waals surface area contributed by atoms with E-state index in [1.54, 1.807) is 4.26 Å². The van der Waals surface area contributed by atoms with E-state index in [0.29, 0.717) is 0 Å². The molecule has 0 bridgehead atoms. The van der Waals surface area contributed by atoms with Gasteiger partial charge in [0.1, 0.15) is 0 Å². The molecular formula is C43H56IrNO2SeSi-. The first-order valence-corrected chi connectivity index (χ1v) is 23.0. The molecule has 0 aliphatic rings. The van der Waals surface area contributed by atoms with Crippen molar-refractivity contribution in [1.82, 2.24) is 4.98 Å². The fraction of sp³-hybridized carbons (Fsp3) is 0.442. The topological polar surface area (TPSA) is 50.2 Å². The number of nitrogens with zero attached hydrogens (tertiary/aromatic N) is 1. The van der Waals surface area contributed by atoms with Gasteiger partial charge in [-0.15, -0.1) is 0 Å². The maximum atomic E-state index is 11.7. The minimum atomic E-state index is -1.53. The van der Waals surface area contributed by atoms with E-state index in [0.717, 1.165) is 43.4 Å². The summed E-state index contributed by atoms with van der Waals surface area (Å²) in [5.74, 6) is 0.547. The third kappa shape index (κ3) is 9.72. The first-order chi connectivity index (χ1) is 22.6. The van der Waals surface area contributed by atoms with Crippen molar-refractivity contribution < 1.29 is 30.0 Å². The summed E-state index contributed by atoms with van der Waals surface area (Å²) in [5, 5.41) is 16.6. The summed E-state index contributed by atoms with van der Waals surface area (Å²) < 4.78 is 2.96. The zero-order valence-corrected chi connectivity index (χ0v) is 36.6. The van der Waals surface area contributed by atoms with Crippen LogP contribution in [0.25, 0.3) is 41.3 Å². The second-order valence-corrected chi connectivity index (χ2v) is 22.7. The van der Waals surface area contributed by atoms with Gasteiger partial charge >= 0.3 is 205 Å². The molecule has 0 aliphatic carbocycles. The van der Waals surface area contributed by atoms with E-state index >= 15 is 0 Å². The van der Waals surface area contributed by atoms with E-state index in [9.17, 15) is 9.90 Å². The molecule has 0 atom stereocenters. The molecule has 1 N–H and O–H groups in total. The van der Waals surface area contributed by atoms with Crippen LogP contribution in [0.5, 0.6) is 0 Å². The number of rotatable bonds is 10. The van der Waals surface area contributed by atoms with Crippen LogP contribution in [0.15, 0.2) is 66.6 Å². The molecule has 2 aromatic heterocycles. The Morgan fingerprint density at radius 1 is 0.898 bits per heavy atom. The fourth-order valence-electron chi connectivity index (χ4n) is 6.65. The molecule has 0 fully saturated rings. The zero-order valence-electron chi connectivity index (χ0n) is 31.5. The largest absolute Gasteiger partial charge is 0 e. The normalized spacial score (nSPS) is 12.5. The molecule has 0 aliphatic heterocycles. The summed E-state index contributed by atoms with van der Waals surface area (Å²) in [4.78, 5) is 16.7. The molecule has 0 amide bonds. The molecule has 1 radical (unpaired) electrons. The zero-order chi connectivity index (χ0) is 35.4. The molecule has 3 aromatic carbocycles. The number of carbonyl (C=O) groups excluding carboxylic acids is 1. The van der Waals surface area contributed by atoms with Crippen LogP contribution in [0.1, 0.15) is 85.3 Å². The van der Waals surface area contributed by atoms with Crippen LogP contribution in [0.2, 0.25) is 19.6 Å². The Morgan fingerprint density at radius 3 is 2.10 bits per heavy atom. The van der Waals surface area contributed by atoms with E-state index in [2.05, 4.69) is 102 Å². The Kier molecular flexibility index (Phi) is 14.5. The first kappa shape index (κ1) is 41.1. The van der Waals surface area contributed by atoms with Crippen molar-refractivity contribution in [2.24, 2.45) is 17.3 Å². The summed E-state index contributed by atoms with van der Waals surface area (Å²) in [6.45, 7) is 24.7. The molecule has 0 saturated carbocycles. The average molecular weight is 918 g/mol. The molecule has 2 heterocycles. The van der Waals surface area contributed by atoms with Crippen LogP contribution in [0, 0.1) is 30.2 Å². The third-order valence-electron chi connectivity index (χ3n) is 9.56. The minimum Gasteiger partial charge on any atom is 0 e. The molecule has 0 spiro atoms. The predicted molar refractivity (Wildman–Crippen MR) is 213 cm³/mol. The number of hydrogen-bond acceptors (Lipinski definition) is 3. The van der Waals surface area contributed by atoms with Gasteiger partial charge in [0.25, 0.3) is 0 Å². The van der Waals surface area contributed by atoms with Crippen molar-refractivity contribution in [2.45, 2.75) is 107 Å². The van der Waals surface area contributed by atoms with E-state index in [4.69, 9.17) is 4.98 Å². The van der Waals surface area contributed by atoms with Gasteiger partial charge in [0.2, 0.25) is 0 Å². The van der Waals surface area contributed by atoms with Gasteiger partial charge in [-0.3, -0.25) is 4.79 Å². The number of aliphatic hydroxyl groups excluding tert-OH is 1. The van der Waals surface area contributed by atoms with Gasteiger partial charge in [-0.2, -0.15) is 0 Å². The molecular weight excluding hydrogens is 862 g/mol. The molecule has 5 rings (SSSR count). The molecule has 265 valence electrons. The second-order valence-electron chi connectivity index (χ2n) is 15.5. The Morgan fingerprint density at radius 2 is 1.51 bits per heavy atom. The standard InChI is InChI=1S/C30H32NSeSi.C13H24O2.Ir/c1-19-21(18-30(2,3)4)12-13-24-25-14-15-31-27(29(25)32-28(19)24)22-16-20-10-8-9-11-23(20)26(17-22)33(5,6)7;1-5-10(6-2)12(14)9-13(15)11(7-3)8-4;/h8-15,17H,18H2,1-7H3;9-11,14H,5-8H2,1-4H3;/q-1;;/b;12-9-;. The number of carbonyl (C=O) groups is 1. The monoisotopic (exact) mass is 919 g/mol. The molecule has 5 aromatic rings. The van der Waals surface area contributed by atoms with E-state index < -0.39 is 8.07 Å². The smallest absolute Gasteiger partial charge is 0 e. The fourth-order valence-corrected chi connectivity index (χ4v) is 11.0. The Bertz CT molecular complexity index is 1920.